The zero-order valence-corrected chi connectivity index (χ0v) is 13.4. The Balaban J connectivity index is 2.38. The Morgan fingerprint density at radius 2 is 1.50 bits per heavy atom. The average molecular weight is 277 g/mol. The van der Waals surface area contributed by atoms with E-state index >= 15 is 0 Å². The standard InChI is InChI=1S/C18H29O2/c1-15(2)13-18(5,14-16(3)4)20-12-11-19-17-9-7-6-8-10-17/h6-10,15-16H,5,11-14H2,1-4H3. The van der Waals surface area contributed by atoms with Crippen LogP contribution in [0.25, 0.3) is 0 Å². The van der Waals surface area contributed by atoms with E-state index in [1.807, 2.05) is 30.3 Å². The van der Waals surface area contributed by atoms with E-state index in [4.69, 9.17) is 9.47 Å². The SMILES string of the molecule is [CH2]C(CC(C)C)(CC(C)C)OCCOc1ccccc1. The number of rotatable bonds is 9. The second-order valence-electron chi connectivity index (χ2n) is 6.39. The fourth-order valence-corrected chi connectivity index (χ4v) is 2.62. The van der Waals surface area contributed by atoms with Crippen LogP contribution in [0.5, 0.6) is 5.75 Å². The van der Waals surface area contributed by atoms with Gasteiger partial charge in [0.2, 0.25) is 0 Å². The summed E-state index contributed by atoms with van der Waals surface area (Å²) < 4.78 is 11.7. The molecular formula is C18H29O2. The highest BCUT2D eigenvalue weighted by atomic mass is 16.5. The lowest BCUT2D eigenvalue weighted by Crippen LogP contribution is -2.34. The zero-order valence-electron chi connectivity index (χ0n) is 13.4. The molecule has 1 radical (unpaired) electrons. The summed E-state index contributed by atoms with van der Waals surface area (Å²) in [4.78, 5) is 0. The Hall–Kier alpha value is -1.02. The molecule has 2 nitrogen and oxygen atoms in total. The molecule has 0 aliphatic carbocycles. The van der Waals surface area contributed by atoms with Crippen LogP contribution in [0.3, 0.4) is 0 Å². The Labute approximate surface area is 124 Å². The van der Waals surface area contributed by atoms with Gasteiger partial charge in [0.25, 0.3) is 0 Å². The second kappa shape index (κ2) is 8.31. The summed E-state index contributed by atoms with van der Waals surface area (Å²) in [5, 5.41) is 0. The van der Waals surface area contributed by atoms with Crippen LogP contribution in [-0.2, 0) is 4.74 Å². The van der Waals surface area contributed by atoms with Crippen molar-refractivity contribution in [2.75, 3.05) is 13.2 Å². The monoisotopic (exact) mass is 277 g/mol. The number of benzene rings is 1. The van der Waals surface area contributed by atoms with E-state index in [1.165, 1.54) is 0 Å². The number of hydrogen-bond donors (Lipinski definition) is 0. The van der Waals surface area contributed by atoms with Crippen molar-refractivity contribution >= 4 is 0 Å². The number of ether oxygens (including phenoxy) is 2. The van der Waals surface area contributed by atoms with Gasteiger partial charge in [0, 0.05) is 0 Å². The first-order valence-electron chi connectivity index (χ1n) is 7.58. The van der Waals surface area contributed by atoms with Crippen LogP contribution in [0.4, 0.5) is 0 Å². The van der Waals surface area contributed by atoms with Gasteiger partial charge in [-0.25, -0.2) is 0 Å². The number of para-hydroxylation sites is 1. The molecule has 0 saturated carbocycles. The summed E-state index contributed by atoms with van der Waals surface area (Å²) in [6, 6.07) is 9.84. The summed E-state index contributed by atoms with van der Waals surface area (Å²) in [6.45, 7) is 14.3. The van der Waals surface area contributed by atoms with Crippen molar-refractivity contribution in [3.05, 3.63) is 37.3 Å². The van der Waals surface area contributed by atoms with E-state index in [0.717, 1.165) is 18.6 Å². The topological polar surface area (TPSA) is 18.5 Å². The Morgan fingerprint density at radius 3 is 2.00 bits per heavy atom. The van der Waals surface area contributed by atoms with Gasteiger partial charge in [-0.1, -0.05) is 45.9 Å². The molecular weight excluding hydrogens is 248 g/mol. The van der Waals surface area contributed by atoms with Crippen LogP contribution < -0.4 is 4.74 Å². The molecule has 2 heteroatoms. The molecule has 0 aromatic heterocycles. The molecule has 1 aromatic rings. The van der Waals surface area contributed by atoms with Crippen molar-refractivity contribution in [1.29, 1.82) is 0 Å². The Bertz CT molecular complexity index is 347. The molecule has 0 aliphatic rings. The van der Waals surface area contributed by atoms with Gasteiger partial charge < -0.3 is 9.47 Å². The molecule has 1 rings (SSSR count). The van der Waals surface area contributed by atoms with Crippen LogP contribution in [0.1, 0.15) is 40.5 Å². The predicted octanol–water partition coefficient (Wildman–Crippen LogP) is 4.75. The van der Waals surface area contributed by atoms with E-state index in [1.54, 1.807) is 0 Å². The normalized spacial score (nSPS) is 12.2. The highest BCUT2D eigenvalue weighted by Crippen LogP contribution is 2.27. The highest BCUT2D eigenvalue weighted by Gasteiger charge is 2.27. The smallest absolute Gasteiger partial charge is 0.119 e. The molecule has 20 heavy (non-hydrogen) atoms. The van der Waals surface area contributed by atoms with Gasteiger partial charge in [-0.3, -0.25) is 0 Å². The second-order valence-corrected chi connectivity index (χ2v) is 6.39. The van der Waals surface area contributed by atoms with Crippen LogP contribution >= 0.6 is 0 Å². The van der Waals surface area contributed by atoms with Crippen LogP contribution in [0.2, 0.25) is 0 Å². The minimum Gasteiger partial charge on any atom is -0.491 e. The van der Waals surface area contributed by atoms with Crippen molar-refractivity contribution in [2.45, 2.75) is 46.1 Å². The van der Waals surface area contributed by atoms with Crippen LogP contribution in [-0.4, -0.2) is 18.8 Å². The molecule has 0 aliphatic heterocycles. The van der Waals surface area contributed by atoms with Gasteiger partial charge in [-0.05, 0) is 43.7 Å². The van der Waals surface area contributed by atoms with E-state index in [9.17, 15) is 0 Å². The van der Waals surface area contributed by atoms with Crippen molar-refractivity contribution in [3.8, 4) is 5.75 Å². The van der Waals surface area contributed by atoms with Crippen molar-refractivity contribution in [1.82, 2.24) is 0 Å². The van der Waals surface area contributed by atoms with E-state index in [2.05, 4.69) is 34.6 Å². The molecule has 0 fully saturated rings. The summed E-state index contributed by atoms with van der Waals surface area (Å²) in [6.07, 6.45) is 1.97. The Kier molecular flexibility index (Phi) is 7.08. The third-order valence-corrected chi connectivity index (χ3v) is 3.06. The average Bonchev–Trinajstić information content (AvgIpc) is 2.34. The third kappa shape index (κ3) is 6.95. The molecule has 0 bridgehead atoms. The van der Waals surface area contributed by atoms with Gasteiger partial charge in [-0.2, -0.15) is 0 Å². The van der Waals surface area contributed by atoms with Gasteiger partial charge in [0.05, 0.1) is 12.2 Å². The maximum Gasteiger partial charge on any atom is 0.119 e. The summed E-state index contributed by atoms with van der Waals surface area (Å²) in [7, 11) is 0. The molecule has 113 valence electrons. The molecule has 0 atom stereocenters. The minimum atomic E-state index is -0.289. The van der Waals surface area contributed by atoms with Crippen molar-refractivity contribution < 1.29 is 9.47 Å². The first kappa shape index (κ1) is 17.0. The van der Waals surface area contributed by atoms with Crippen LogP contribution in [0, 0.1) is 18.8 Å². The van der Waals surface area contributed by atoms with Gasteiger partial charge in [0.15, 0.2) is 0 Å². The summed E-state index contributed by atoms with van der Waals surface area (Å²) in [5.41, 5.74) is -0.289. The van der Waals surface area contributed by atoms with Crippen LogP contribution in [0.15, 0.2) is 30.3 Å². The van der Waals surface area contributed by atoms with E-state index < -0.39 is 0 Å². The lowest BCUT2D eigenvalue weighted by atomic mass is 9.86. The maximum atomic E-state index is 6.04. The Morgan fingerprint density at radius 1 is 0.950 bits per heavy atom. The lowest BCUT2D eigenvalue weighted by molar-refractivity contribution is -0.0482. The molecule has 0 saturated heterocycles. The largest absolute Gasteiger partial charge is 0.491 e. The van der Waals surface area contributed by atoms with Crippen molar-refractivity contribution in [3.63, 3.8) is 0 Å². The van der Waals surface area contributed by atoms with E-state index in [0.29, 0.717) is 25.0 Å². The molecule has 1 aromatic carbocycles. The van der Waals surface area contributed by atoms with Gasteiger partial charge in [0.1, 0.15) is 12.4 Å². The van der Waals surface area contributed by atoms with Gasteiger partial charge in [-0.15, -0.1) is 0 Å². The fourth-order valence-electron chi connectivity index (χ4n) is 2.62. The predicted molar refractivity (Wildman–Crippen MR) is 84.9 cm³/mol. The fraction of sp³-hybridized carbons (Fsp3) is 0.611. The molecule has 0 unspecified atom stereocenters. The minimum absolute atomic E-state index is 0.289. The first-order valence-corrected chi connectivity index (χ1v) is 7.58. The zero-order chi connectivity index (χ0) is 15.0. The van der Waals surface area contributed by atoms with Gasteiger partial charge >= 0.3 is 0 Å². The van der Waals surface area contributed by atoms with E-state index in [-0.39, 0.29) is 5.60 Å². The molecule has 0 heterocycles. The lowest BCUT2D eigenvalue weighted by Gasteiger charge is -2.33. The molecule has 0 N–H and O–H groups in total. The first-order chi connectivity index (χ1) is 9.41. The molecule has 0 spiro atoms. The third-order valence-electron chi connectivity index (χ3n) is 3.06. The summed E-state index contributed by atoms with van der Waals surface area (Å²) >= 11 is 0. The number of hydrogen-bond acceptors (Lipinski definition) is 2. The maximum absolute atomic E-state index is 6.04. The van der Waals surface area contributed by atoms with Crippen molar-refractivity contribution in [2.24, 2.45) is 11.8 Å². The quantitative estimate of drug-likeness (QED) is 0.607. The summed E-state index contributed by atoms with van der Waals surface area (Å²) in [5.74, 6) is 2.06. The highest BCUT2D eigenvalue weighted by molar-refractivity contribution is 5.20. The molecule has 0 amide bonds.